The number of hydrogen-bond acceptors (Lipinski definition) is 1. The minimum absolute atomic E-state index is 0.140. The first-order valence-corrected chi connectivity index (χ1v) is 4.19. The van der Waals surface area contributed by atoms with Crippen molar-refractivity contribution in [2.45, 2.75) is 20.8 Å². The van der Waals surface area contributed by atoms with Crippen molar-refractivity contribution >= 4 is 5.78 Å². The Labute approximate surface area is 73.5 Å². The van der Waals surface area contributed by atoms with Gasteiger partial charge < -0.3 is 0 Å². The van der Waals surface area contributed by atoms with Gasteiger partial charge in [-0.3, -0.25) is 4.79 Å². The van der Waals surface area contributed by atoms with Gasteiger partial charge in [0.25, 0.3) is 0 Å². The van der Waals surface area contributed by atoms with Crippen LogP contribution in [0.2, 0.25) is 0 Å². The molecular weight excluding hydrogens is 148 g/mol. The molecule has 0 radical (unpaired) electrons. The van der Waals surface area contributed by atoms with Gasteiger partial charge in [0, 0.05) is 5.57 Å². The molecule has 0 heterocycles. The van der Waals surface area contributed by atoms with E-state index in [9.17, 15) is 4.79 Å². The molecular formula is C11H14O. The van der Waals surface area contributed by atoms with Crippen LogP contribution >= 0.6 is 0 Å². The lowest BCUT2D eigenvalue weighted by molar-refractivity contribution is -0.113. The summed E-state index contributed by atoms with van der Waals surface area (Å²) in [7, 11) is 0. The SMILES string of the molecule is CC(=O)C1=CC(C)C=C(C)C=C1. The Balaban J connectivity index is 2.95. The summed E-state index contributed by atoms with van der Waals surface area (Å²) in [5.74, 6) is 0.500. The zero-order chi connectivity index (χ0) is 9.14. The third kappa shape index (κ3) is 2.19. The zero-order valence-corrected chi connectivity index (χ0v) is 7.79. The van der Waals surface area contributed by atoms with Gasteiger partial charge in [-0.25, -0.2) is 0 Å². The number of allylic oxidation sites excluding steroid dienone is 6. The van der Waals surface area contributed by atoms with Crippen LogP contribution < -0.4 is 0 Å². The molecule has 12 heavy (non-hydrogen) atoms. The second-order valence-electron chi connectivity index (χ2n) is 3.28. The predicted octanol–water partition coefficient (Wildman–Crippen LogP) is 2.65. The molecule has 0 saturated heterocycles. The number of carbonyl (C=O) groups excluding carboxylic acids is 1. The first-order chi connectivity index (χ1) is 5.59. The van der Waals surface area contributed by atoms with E-state index in [1.54, 1.807) is 6.92 Å². The molecule has 1 heteroatoms. The number of carbonyl (C=O) groups is 1. The van der Waals surface area contributed by atoms with Gasteiger partial charge in [-0.2, -0.15) is 0 Å². The summed E-state index contributed by atoms with van der Waals surface area (Å²) in [5.41, 5.74) is 2.03. The molecule has 1 rings (SSSR count). The van der Waals surface area contributed by atoms with Gasteiger partial charge in [0.15, 0.2) is 5.78 Å². The van der Waals surface area contributed by atoms with Gasteiger partial charge in [0.1, 0.15) is 0 Å². The highest BCUT2D eigenvalue weighted by atomic mass is 16.1. The highest BCUT2D eigenvalue weighted by Crippen LogP contribution is 2.15. The van der Waals surface area contributed by atoms with Crippen LogP contribution in [0.5, 0.6) is 0 Å². The molecule has 1 aliphatic carbocycles. The van der Waals surface area contributed by atoms with E-state index in [1.807, 2.05) is 25.2 Å². The molecule has 1 nitrogen and oxygen atoms in total. The number of rotatable bonds is 1. The molecule has 0 aromatic rings. The van der Waals surface area contributed by atoms with Crippen molar-refractivity contribution in [3.8, 4) is 0 Å². The van der Waals surface area contributed by atoms with E-state index in [2.05, 4.69) is 13.0 Å². The quantitative estimate of drug-likeness (QED) is 0.579. The van der Waals surface area contributed by atoms with Crippen LogP contribution in [0.4, 0.5) is 0 Å². The van der Waals surface area contributed by atoms with Crippen molar-refractivity contribution in [2.75, 3.05) is 0 Å². The summed E-state index contributed by atoms with van der Waals surface area (Å²) in [5, 5.41) is 0. The monoisotopic (exact) mass is 162 g/mol. The number of Topliss-reactive ketones (excluding diaryl/α,β-unsaturated/α-hetero) is 1. The van der Waals surface area contributed by atoms with E-state index in [0.29, 0.717) is 5.92 Å². The Morgan fingerprint density at radius 2 is 2.00 bits per heavy atom. The van der Waals surface area contributed by atoms with Crippen LogP contribution in [0.25, 0.3) is 0 Å². The maximum absolute atomic E-state index is 11.1. The highest BCUT2D eigenvalue weighted by Gasteiger charge is 2.04. The Kier molecular flexibility index (Phi) is 2.64. The van der Waals surface area contributed by atoms with Crippen LogP contribution in [0.1, 0.15) is 20.8 Å². The van der Waals surface area contributed by atoms with Crippen LogP contribution in [0.3, 0.4) is 0 Å². The molecule has 0 aromatic carbocycles. The molecule has 1 aliphatic rings. The Bertz CT molecular complexity index is 279. The molecule has 0 aromatic heterocycles. The minimum atomic E-state index is 0.140. The molecule has 64 valence electrons. The number of ketones is 1. The highest BCUT2D eigenvalue weighted by molar-refractivity contribution is 5.96. The Morgan fingerprint density at radius 1 is 1.33 bits per heavy atom. The van der Waals surface area contributed by atoms with Gasteiger partial charge in [0.2, 0.25) is 0 Å². The van der Waals surface area contributed by atoms with Crippen molar-refractivity contribution in [1.82, 2.24) is 0 Å². The lowest BCUT2D eigenvalue weighted by Crippen LogP contribution is -1.94. The summed E-state index contributed by atoms with van der Waals surface area (Å²) < 4.78 is 0. The Hall–Kier alpha value is -1.11. The van der Waals surface area contributed by atoms with Gasteiger partial charge in [-0.15, -0.1) is 0 Å². The first-order valence-electron chi connectivity index (χ1n) is 4.19. The normalized spacial score (nSPS) is 22.8. The molecule has 0 bridgehead atoms. The average Bonchev–Trinajstić information content (AvgIpc) is 2.11. The molecule has 0 fully saturated rings. The minimum Gasteiger partial charge on any atom is -0.295 e. The van der Waals surface area contributed by atoms with Crippen molar-refractivity contribution < 1.29 is 4.79 Å². The summed E-state index contributed by atoms with van der Waals surface area (Å²) in [6.45, 7) is 5.73. The summed E-state index contributed by atoms with van der Waals surface area (Å²) in [6, 6.07) is 0. The molecule has 0 saturated carbocycles. The standard InChI is InChI=1S/C11H14O/c1-8-4-5-11(10(3)12)7-9(2)6-8/h4-7,9H,1-3H3. The van der Waals surface area contributed by atoms with Gasteiger partial charge in [0.05, 0.1) is 0 Å². The van der Waals surface area contributed by atoms with E-state index < -0.39 is 0 Å². The third-order valence-corrected chi connectivity index (χ3v) is 1.90. The topological polar surface area (TPSA) is 17.1 Å². The molecule has 1 unspecified atom stereocenters. The maximum atomic E-state index is 11.1. The third-order valence-electron chi connectivity index (χ3n) is 1.90. The van der Waals surface area contributed by atoms with Crippen LogP contribution in [-0.2, 0) is 4.79 Å². The fourth-order valence-corrected chi connectivity index (χ4v) is 1.31. The molecule has 0 N–H and O–H groups in total. The van der Waals surface area contributed by atoms with Gasteiger partial charge in [-0.1, -0.05) is 36.8 Å². The summed E-state index contributed by atoms with van der Waals surface area (Å²) >= 11 is 0. The van der Waals surface area contributed by atoms with Crippen molar-refractivity contribution in [3.05, 3.63) is 35.5 Å². The van der Waals surface area contributed by atoms with Crippen molar-refractivity contribution in [1.29, 1.82) is 0 Å². The van der Waals surface area contributed by atoms with Crippen molar-refractivity contribution in [2.24, 2.45) is 5.92 Å². The van der Waals surface area contributed by atoms with E-state index in [4.69, 9.17) is 0 Å². The fourth-order valence-electron chi connectivity index (χ4n) is 1.31. The van der Waals surface area contributed by atoms with Crippen molar-refractivity contribution in [3.63, 3.8) is 0 Å². The first kappa shape index (κ1) is 8.98. The van der Waals surface area contributed by atoms with Gasteiger partial charge in [-0.05, 0) is 19.8 Å². The molecule has 0 aliphatic heterocycles. The second kappa shape index (κ2) is 3.53. The molecule has 1 atom stereocenters. The molecule has 0 amide bonds. The smallest absolute Gasteiger partial charge is 0.159 e. The van der Waals surface area contributed by atoms with E-state index >= 15 is 0 Å². The van der Waals surface area contributed by atoms with E-state index in [0.717, 1.165) is 5.57 Å². The lowest BCUT2D eigenvalue weighted by atomic mass is 10.1. The van der Waals surface area contributed by atoms with E-state index in [-0.39, 0.29) is 5.78 Å². The van der Waals surface area contributed by atoms with Crippen LogP contribution in [-0.4, -0.2) is 5.78 Å². The average molecular weight is 162 g/mol. The lowest BCUT2D eigenvalue weighted by Gasteiger charge is -1.98. The number of hydrogen-bond donors (Lipinski definition) is 0. The fraction of sp³-hybridized carbons (Fsp3) is 0.364. The van der Waals surface area contributed by atoms with Crippen LogP contribution in [0, 0.1) is 5.92 Å². The summed E-state index contributed by atoms with van der Waals surface area (Å²) in [4.78, 5) is 11.1. The second-order valence-corrected chi connectivity index (χ2v) is 3.28. The predicted molar refractivity (Wildman–Crippen MR) is 50.8 cm³/mol. The maximum Gasteiger partial charge on any atom is 0.159 e. The Morgan fingerprint density at radius 3 is 2.58 bits per heavy atom. The van der Waals surface area contributed by atoms with Crippen LogP contribution in [0.15, 0.2) is 35.5 Å². The largest absolute Gasteiger partial charge is 0.295 e. The summed E-state index contributed by atoms with van der Waals surface area (Å²) in [6.07, 6.45) is 8.01. The van der Waals surface area contributed by atoms with E-state index in [1.165, 1.54) is 5.57 Å². The molecule has 0 spiro atoms. The van der Waals surface area contributed by atoms with Gasteiger partial charge >= 0.3 is 0 Å². The zero-order valence-electron chi connectivity index (χ0n) is 7.79.